The number of fused-ring (bicyclic) bond motifs is 1. The molecule has 0 radical (unpaired) electrons. The Kier molecular flexibility index (Phi) is 4.27. The van der Waals surface area contributed by atoms with Crippen LogP contribution in [0.5, 0.6) is 0 Å². The van der Waals surface area contributed by atoms with Crippen LogP contribution in [0.2, 0.25) is 0 Å². The van der Waals surface area contributed by atoms with Crippen LogP contribution in [-0.2, 0) is 0 Å². The molecule has 0 unspecified atom stereocenters. The maximum absolute atomic E-state index is 12.7. The highest BCUT2D eigenvalue weighted by Crippen LogP contribution is 2.29. The second kappa shape index (κ2) is 7.07. The van der Waals surface area contributed by atoms with Crippen molar-refractivity contribution in [3.63, 3.8) is 0 Å². The fourth-order valence-electron chi connectivity index (χ4n) is 3.25. The Hall–Kier alpha value is -3.22. The number of carbonyl (C=O) groups excluding carboxylic acids is 1. The van der Waals surface area contributed by atoms with Gasteiger partial charge in [-0.05, 0) is 50.3 Å². The van der Waals surface area contributed by atoms with Crippen LogP contribution in [0.25, 0.3) is 10.9 Å². The van der Waals surface area contributed by atoms with Gasteiger partial charge in [0.15, 0.2) is 0 Å². The van der Waals surface area contributed by atoms with Crippen molar-refractivity contribution in [3.05, 3.63) is 48.4 Å². The molecule has 1 amide bonds. The molecule has 7 nitrogen and oxygen atoms in total. The Bertz CT molecular complexity index is 1030. The van der Waals surface area contributed by atoms with Gasteiger partial charge in [-0.3, -0.25) is 9.78 Å². The first-order chi connectivity index (χ1) is 13.7. The molecule has 0 spiro atoms. The molecule has 142 valence electrons. The third-order valence-electron chi connectivity index (χ3n) is 5.27. The fraction of sp³-hybridized carbons (Fsp3) is 0.333. The number of hydrogen-bond donors (Lipinski definition) is 3. The first-order valence-electron chi connectivity index (χ1n) is 9.80. The Morgan fingerprint density at radius 2 is 1.89 bits per heavy atom. The number of anilines is 3. The minimum absolute atomic E-state index is 0.0526. The molecule has 2 saturated carbocycles. The largest absolute Gasteiger partial charge is 0.382 e. The number of amides is 1. The van der Waals surface area contributed by atoms with Gasteiger partial charge in [-0.15, -0.1) is 0 Å². The van der Waals surface area contributed by atoms with Crippen molar-refractivity contribution in [1.29, 1.82) is 0 Å². The number of nitrogens with zero attached hydrogens (tertiary/aromatic N) is 3. The van der Waals surface area contributed by atoms with Crippen molar-refractivity contribution in [2.45, 2.75) is 44.2 Å². The van der Waals surface area contributed by atoms with Crippen molar-refractivity contribution in [1.82, 2.24) is 20.3 Å². The molecule has 28 heavy (non-hydrogen) atoms. The number of aromatic nitrogens is 3. The normalized spacial score (nSPS) is 16.4. The Labute approximate surface area is 163 Å². The van der Waals surface area contributed by atoms with Crippen molar-refractivity contribution < 1.29 is 4.79 Å². The molecule has 3 N–H and O–H groups in total. The monoisotopic (exact) mass is 374 g/mol. The molecule has 0 aromatic carbocycles. The molecule has 2 fully saturated rings. The highest BCUT2D eigenvalue weighted by atomic mass is 16.1. The summed E-state index contributed by atoms with van der Waals surface area (Å²) in [6, 6.07) is 8.39. The number of carbonyl (C=O) groups is 1. The van der Waals surface area contributed by atoms with Crippen LogP contribution in [-0.4, -0.2) is 32.9 Å². The molecule has 0 aliphatic heterocycles. The first-order valence-corrected chi connectivity index (χ1v) is 9.80. The highest BCUT2D eigenvalue weighted by molar-refractivity contribution is 6.00. The average molecular weight is 374 g/mol. The molecule has 2 aliphatic rings. The van der Waals surface area contributed by atoms with E-state index in [9.17, 15) is 4.79 Å². The number of rotatable bonds is 6. The maximum Gasteiger partial charge on any atom is 0.255 e. The summed E-state index contributed by atoms with van der Waals surface area (Å²) in [7, 11) is 0. The second-order valence-electron chi connectivity index (χ2n) is 7.52. The summed E-state index contributed by atoms with van der Waals surface area (Å²) >= 11 is 0. The van der Waals surface area contributed by atoms with Gasteiger partial charge in [0.2, 0.25) is 0 Å². The molecular formula is C21H22N6O. The smallest absolute Gasteiger partial charge is 0.255 e. The lowest BCUT2D eigenvalue weighted by Crippen LogP contribution is -2.39. The maximum atomic E-state index is 12.7. The first kappa shape index (κ1) is 16.9. The van der Waals surface area contributed by atoms with Crippen molar-refractivity contribution >= 4 is 34.1 Å². The van der Waals surface area contributed by atoms with E-state index in [2.05, 4.69) is 30.9 Å². The van der Waals surface area contributed by atoms with Gasteiger partial charge in [0, 0.05) is 42.1 Å². The van der Waals surface area contributed by atoms with Gasteiger partial charge in [-0.2, -0.15) is 0 Å². The molecular weight excluding hydrogens is 352 g/mol. The molecule has 0 bridgehead atoms. The lowest BCUT2D eigenvalue weighted by Gasteiger charge is -2.26. The molecule has 3 aromatic heterocycles. The van der Waals surface area contributed by atoms with Gasteiger partial charge >= 0.3 is 0 Å². The van der Waals surface area contributed by atoms with E-state index in [-0.39, 0.29) is 5.91 Å². The zero-order chi connectivity index (χ0) is 18.9. The Morgan fingerprint density at radius 3 is 2.68 bits per heavy atom. The van der Waals surface area contributed by atoms with Crippen molar-refractivity contribution in [2.24, 2.45) is 0 Å². The minimum atomic E-state index is -0.0526. The average Bonchev–Trinajstić information content (AvgIpc) is 3.49. The molecule has 0 atom stereocenters. The lowest BCUT2D eigenvalue weighted by molar-refractivity contribution is 0.0917. The lowest BCUT2D eigenvalue weighted by atomic mass is 9.93. The van der Waals surface area contributed by atoms with E-state index < -0.39 is 0 Å². The predicted molar refractivity (Wildman–Crippen MR) is 109 cm³/mol. The summed E-state index contributed by atoms with van der Waals surface area (Å²) in [6.45, 7) is 0. The Balaban J connectivity index is 1.39. The quantitative estimate of drug-likeness (QED) is 0.610. The van der Waals surface area contributed by atoms with Crippen LogP contribution in [0.4, 0.5) is 17.3 Å². The van der Waals surface area contributed by atoms with Crippen LogP contribution in [0.1, 0.15) is 42.5 Å². The molecule has 5 rings (SSSR count). The number of hydrogen-bond acceptors (Lipinski definition) is 6. The molecule has 2 aliphatic carbocycles. The summed E-state index contributed by atoms with van der Waals surface area (Å²) in [4.78, 5) is 25.8. The fourth-order valence-corrected chi connectivity index (χ4v) is 3.25. The predicted octanol–water partition coefficient (Wildman–Crippen LogP) is 3.63. The van der Waals surface area contributed by atoms with E-state index in [4.69, 9.17) is 0 Å². The van der Waals surface area contributed by atoms with Crippen LogP contribution < -0.4 is 16.0 Å². The van der Waals surface area contributed by atoms with Gasteiger partial charge in [-0.25, -0.2) is 9.97 Å². The van der Waals surface area contributed by atoms with E-state index in [1.165, 1.54) is 6.42 Å². The third kappa shape index (κ3) is 3.60. The van der Waals surface area contributed by atoms with Crippen molar-refractivity contribution in [3.8, 4) is 0 Å². The minimum Gasteiger partial charge on any atom is -0.382 e. The van der Waals surface area contributed by atoms with E-state index >= 15 is 0 Å². The zero-order valence-corrected chi connectivity index (χ0v) is 15.5. The number of pyridine rings is 3. The van der Waals surface area contributed by atoms with Crippen LogP contribution in [0, 0.1) is 0 Å². The SMILES string of the molecule is O=C(NC1CCC1)c1cnc(Nc2ccc3cnccc3n2)cc1NC1CC1. The van der Waals surface area contributed by atoms with Gasteiger partial charge in [-0.1, -0.05) is 0 Å². The second-order valence-corrected chi connectivity index (χ2v) is 7.52. The standard InChI is InChI=1S/C21H22N6O/c28-21(25-14-2-1-3-14)16-12-23-20(10-18(16)24-15-5-6-15)27-19-7-4-13-11-22-9-8-17(13)26-19/h4,7-12,14-15H,1-3,5-6H2,(H,25,28)(H2,23,24,26,27). The van der Waals surface area contributed by atoms with Gasteiger partial charge in [0.1, 0.15) is 11.6 Å². The van der Waals surface area contributed by atoms with E-state index in [0.29, 0.717) is 29.3 Å². The summed E-state index contributed by atoms with van der Waals surface area (Å²) in [5.41, 5.74) is 2.29. The molecule has 7 heteroatoms. The van der Waals surface area contributed by atoms with Crippen molar-refractivity contribution in [2.75, 3.05) is 10.6 Å². The van der Waals surface area contributed by atoms with Crippen LogP contribution in [0.3, 0.4) is 0 Å². The number of nitrogens with one attached hydrogen (secondary N) is 3. The summed E-state index contributed by atoms with van der Waals surface area (Å²) < 4.78 is 0. The van der Waals surface area contributed by atoms with E-state index in [1.807, 2.05) is 24.3 Å². The van der Waals surface area contributed by atoms with Gasteiger partial charge in [0.25, 0.3) is 5.91 Å². The third-order valence-corrected chi connectivity index (χ3v) is 5.27. The zero-order valence-electron chi connectivity index (χ0n) is 15.5. The van der Waals surface area contributed by atoms with Gasteiger partial charge < -0.3 is 16.0 Å². The van der Waals surface area contributed by atoms with Crippen LogP contribution in [0.15, 0.2) is 42.9 Å². The topological polar surface area (TPSA) is 91.8 Å². The van der Waals surface area contributed by atoms with Gasteiger partial charge in [0.05, 0.1) is 16.8 Å². The molecule has 3 heterocycles. The molecule has 3 aromatic rings. The van der Waals surface area contributed by atoms with Crippen LogP contribution >= 0.6 is 0 Å². The van der Waals surface area contributed by atoms with E-state index in [1.54, 1.807) is 18.6 Å². The molecule has 0 saturated heterocycles. The van der Waals surface area contributed by atoms with E-state index in [0.717, 1.165) is 42.3 Å². The summed E-state index contributed by atoms with van der Waals surface area (Å²) in [5.74, 6) is 1.31. The summed E-state index contributed by atoms with van der Waals surface area (Å²) in [6.07, 6.45) is 10.7. The Morgan fingerprint density at radius 1 is 1.00 bits per heavy atom. The summed E-state index contributed by atoms with van der Waals surface area (Å²) in [5, 5.41) is 10.8. The highest BCUT2D eigenvalue weighted by Gasteiger charge is 2.26.